The van der Waals surface area contributed by atoms with Crippen molar-refractivity contribution in [3.63, 3.8) is 0 Å². The zero-order chi connectivity index (χ0) is 13.7. The second-order valence-corrected chi connectivity index (χ2v) is 4.61. The van der Waals surface area contributed by atoms with Crippen LogP contribution >= 0.6 is 0 Å². The van der Waals surface area contributed by atoms with Gasteiger partial charge in [0.15, 0.2) is 0 Å². The van der Waals surface area contributed by atoms with Crippen LogP contribution in [0.1, 0.15) is 13.3 Å². The average molecular weight is 264 g/mol. The van der Waals surface area contributed by atoms with Gasteiger partial charge in [-0.1, -0.05) is 12.1 Å². The van der Waals surface area contributed by atoms with E-state index in [-0.39, 0.29) is 12.6 Å². The molecule has 0 aromatic heterocycles. The molecule has 1 atom stereocenters. The summed E-state index contributed by atoms with van der Waals surface area (Å²) in [6.07, 6.45) is 0.952. The number of hydrogen-bond donors (Lipinski definition) is 2. The maximum Gasteiger partial charge on any atom is 0.317 e. The van der Waals surface area contributed by atoms with Crippen LogP contribution in [-0.2, 0) is 4.79 Å². The van der Waals surface area contributed by atoms with Crippen LogP contribution in [0.4, 0.5) is 5.69 Å². The Hall–Kier alpha value is -1.75. The highest BCUT2D eigenvalue weighted by molar-refractivity contribution is 5.69. The lowest BCUT2D eigenvalue weighted by Gasteiger charge is -2.21. The molecule has 1 aromatic rings. The van der Waals surface area contributed by atoms with E-state index in [2.05, 4.69) is 10.2 Å². The van der Waals surface area contributed by atoms with Crippen molar-refractivity contribution in [1.29, 1.82) is 0 Å². The summed E-state index contributed by atoms with van der Waals surface area (Å²) < 4.78 is 5.63. The van der Waals surface area contributed by atoms with Crippen molar-refractivity contribution in [2.24, 2.45) is 0 Å². The summed E-state index contributed by atoms with van der Waals surface area (Å²) in [6, 6.07) is 8.20. The number of carboxylic acid groups (broad SMARTS) is 1. The normalized spacial score (nSPS) is 18.6. The van der Waals surface area contributed by atoms with Gasteiger partial charge in [0.05, 0.1) is 18.8 Å². The van der Waals surface area contributed by atoms with Crippen LogP contribution in [0.15, 0.2) is 24.3 Å². The molecule has 5 nitrogen and oxygen atoms in total. The number of rotatable bonds is 6. The highest BCUT2D eigenvalue weighted by Crippen LogP contribution is 2.30. The largest absolute Gasteiger partial charge is 0.492 e. The van der Waals surface area contributed by atoms with Crippen molar-refractivity contribution in [3.05, 3.63) is 24.3 Å². The number of benzene rings is 1. The molecular weight excluding hydrogens is 244 g/mol. The Balaban J connectivity index is 1.98. The Morgan fingerprint density at radius 1 is 1.53 bits per heavy atom. The van der Waals surface area contributed by atoms with E-state index in [9.17, 15) is 4.79 Å². The summed E-state index contributed by atoms with van der Waals surface area (Å²) in [5, 5.41) is 11.7. The molecule has 0 radical (unpaired) electrons. The minimum atomic E-state index is -0.812. The number of aliphatic carboxylic acids is 1. The lowest BCUT2D eigenvalue weighted by Crippen LogP contribution is -2.36. The maximum atomic E-state index is 10.6. The molecule has 1 aromatic carbocycles. The lowest BCUT2D eigenvalue weighted by atomic mass is 10.2. The summed E-state index contributed by atoms with van der Waals surface area (Å²) in [7, 11) is 0. The Kier molecular flexibility index (Phi) is 4.63. The second kappa shape index (κ2) is 6.43. The summed E-state index contributed by atoms with van der Waals surface area (Å²) in [4.78, 5) is 12.8. The summed E-state index contributed by atoms with van der Waals surface area (Å²) in [5.41, 5.74) is 1.09. The standard InChI is InChI=1S/C14H20N2O3/c1-2-19-13-6-4-3-5-12(13)16-8-7-11(10-16)15-9-14(17)18/h3-6,11,15H,2,7-10H2,1H3,(H,17,18). The Morgan fingerprint density at radius 3 is 3.05 bits per heavy atom. The van der Waals surface area contributed by atoms with Gasteiger partial charge in [0.25, 0.3) is 0 Å². The molecule has 19 heavy (non-hydrogen) atoms. The summed E-state index contributed by atoms with van der Waals surface area (Å²) >= 11 is 0. The van der Waals surface area contributed by atoms with Gasteiger partial charge in [-0.25, -0.2) is 0 Å². The van der Waals surface area contributed by atoms with Crippen molar-refractivity contribution in [1.82, 2.24) is 5.32 Å². The number of anilines is 1. The Morgan fingerprint density at radius 2 is 2.32 bits per heavy atom. The van der Waals surface area contributed by atoms with Gasteiger partial charge >= 0.3 is 5.97 Å². The molecule has 0 aliphatic carbocycles. The molecule has 1 fully saturated rings. The molecule has 5 heteroatoms. The van der Waals surface area contributed by atoms with Crippen LogP contribution < -0.4 is 15.0 Å². The van der Waals surface area contributed by atoms with Gasteiger partial charge in [-0.05, 0) is 25.5 Å². The number of nitrogens with zero attached hydrogens (tertiary/aromatic N) is 1. The zero-order valence-corrected chi connectivity index (χ0v) is 11.1. The van der Waals surface area contributed by atoms with E-state index in [1.807, 2.05) is 31.2 Å². The molecule has 1 aliphatic heterocycles. The van der Waals surface area contributed by atoms with E-state index in [0.29, 0.717) is 6.61 Å². The van der Waals surface area contributed by atoms with Crippen molar-refractivity contribution in [3.8, 4) is 5.75 Å². The minimum absolute atomic E-state index is 0.0195. The Bertz CT molecular complexity index is 436. The van der Waals surface area contributed by atoms with Crippen LogP contribution in [-0.4, -0.2) is 43.4 Å². The molecule has 2 rings (SSSR count). The van der Waals surface area contributed by atoms with E-state index in [4.69, 9.17) is 9.84 Å². The van der Waals surface area contributed by atoms with E-state index >= 15 is 0 Å². The third kappa shape index (κ3) is 3.61. The Labute approximate surface area is 113 Å². The number of hydrogen-bond acceptors (Lipinski definition) is 4. The van der Waals surface area contributed by atoms with Crippen LogP contribution in [0.3, 0.4) is 0 Å². The van der Waals surface area contributed by atoms with Crippen LogP contribution in [0.5, 0.6) is 5.75 Å². The van der Waals surface area contributed by atoms with E-state index in [0.717, 1.165) is 30.9 Å². The molecular formula is C14H20N2O3. The fraction of sp³-hybridized carbons (Fsp3) is 0.500. The van der Waals surface area contributed by atoms with Gasteiger partial charge in [0.2, 0.25) is 0 Å². The van der Waals surface area contributed by atoms with Gasteiger partial charge in [0.1, 0.15) is 5.75 Å². The molecule has 1 heterocycles. The third-order valence-electron chi connectivity index (χ3n) is 3.24. The smallest absolute Gasteiger partial charge is 0.317 e. The van der Waals surface area contributed by atoms with Crippen molar-refractivity contribution >= 4 is 11.7 Å². The molecule has 1 saturated heterocycles. The van der Waals surface area contributed by atoms with E-state index in [1.54, 1.807) is 0 Å². The van der Waals surface area contributed by atoms with E-state index < -0.39 is 5.97 Å². The average Bonchev–Trinajstić information content (AvgIpc) is 2.86. The predicted molar refractivity (Wildman–Crippen MR) is 73.9 cm³/mol. The highest BCUT2D eigenvalue weighted by Gasteiger charge is 2.24. The van der Waals surface area contributed by atoms with Crippen LogP contribution in [0.25, 0.3) is 0 Å². The fourth-order valence-electron chi connectivity index (χ4n) is 2.37. The summed E-state index contributed by atoms with van der Waals surface area (Å²) in [5.74, 6) is 0.0806. The van der Waals surface area contributed by atoms with Gasteiger partial charge in [-0.2, -0.15) is 0 Å². The molecule has 2 N–H and O–H groups in total. The molecule has 0 spiro atoms. The van der Waals surface area contributed by atoms with Gasteiger partial charge in [-0.3, -0.25) is 4.79 Å². The SMILES string of the molecule is CCOc1ccccc1N1CCC(NCC(=O)O)C1. The molecule has 1 unspecified atom stereocenters. The first-order valence-electron chi connectivity index (χ1n) is 6.62. The fourth-order valence-corrected chi connectivity index (χ4v) is 2.37. The van der Waals surface area contributed by atoms with Gasteiger partial charge in [-0.15, -0.1) is 0 Å². The first kappa shape index (κ1) is 13.7. The monoisotopic (exact) mass is 264 g/mol. The topological polar surface area (TPSA) is 61.8 Å². The third-order valence-corrected chi connectivity index (χ3v) is 3.24. The van der Waals surface area contributed by atoms with Crippen LogP contribution in [0, 0.1) is 0 Å². The van der Waals surface area contributed by atoms with Gasteiger partial charge < -0.3 is 20.1 Å². The molecule has 1 aliphatic rings. The first-order valence-corrected chi connectivity index (χ1v) is 6.62. The zero-order valence-electron chi connectivity index (χ0n) is 11.1. The van der Waals surface area contributed by atoms with Crippen molar-refractivity contribution in [2.45, 2.75) is 19.4 Å². The summed E-state index contributed by atoms with van der Waals surface area (Å²) in [6.45, 7) is 4.37. The number of ether oxygens (including phenoxy) is 1. The first-order chi connectivity index (χ1) is 9.20. The predicted octanol–water partition coefficient (Wildman–Crippen LogP) is 1.34. The highest BCUT2D eigenvalue weighted by atomic mass is 16.5. The molecule has 0 amide bonds. The minimum Gasteiger partial charge on any atom is -0.492 e. The maximum absolute atomic E-state index is 10.6. The number of para-hydroxylation sites is 2. The van der Waals surface area contributed by atoms with Crippen molar-refractivity contribution < 1.29 is 14.6 Å². The van der Waals surface area contributed by atoms with Crippen molar-refractivity contribution in [2.75, 3.05) is 31.1 Å². The molecule has 104 valence electrons. The number of carboxylic acids is 1. The molecule has 0 saturated carbocycles. The quantitative estimate of drug-likeness (QED) is 0.812. The lowest BCUT2D eigenvalue weighted by molar-refractivity contribution is -0.136. The van der Waals surface area contributed by atoms with Crippen LogP contribution in [0.2, 0.25) is 0 Å². The second-order valence-electron chi connectivity index (χ2n) is 4.61. The van der Waals surface area contributed by atoms with Gasteiger partial charge in [0, 0.05) is 19.1 Å². The number of carbonyl (C=O) groups is 1. The molecule has 0 bridgehead atoms. The van der Waals surface area contributed by atoms with E-state index in [1.165, 1.54) is 0 Å². The number of nitrogens with one attached hydrogen (secondary N) is 1.